The lowest BCUT2D eigenvalue weighted by Gasteiger charge is -2.12. The van der Waals surface area contributed by atoms with Crippen LogP contribution in [0.15, 0.2) is 71.6 Å². The fourth-order valence-electron chi connectivity index (χ4n) is 2.85. The van der Waals surface area contributed by atoms with Crippen LogP contribution < -0.4 is 19.5 Å². The number of ether oxygens (including phenoxy) is 2. The quantitative estimate of drug-likeness (QED) is 0.477. The molecule has 0 bridgehead atoms. The van der Waals surface area contributed by atoms with Crippen molar-refractivity contribution in [2.24, 2.45) is 0 Å². The second-order valence-electron chi connectivity index (χ2n) is 6.87. The molecule has 0 heterocycles. The molecule has 0 saturated heterocycles. The van der Waals surface area contributed by atoms with Gasteiger partial charge in [0.2, 0.25) is 0 Å². The standard InChI is InChI=1S/C23H23FN2O5S/c1-16-3-12-21(32(28,29)26-18-6-4-17(24)5-7-18)15-22(16)23(27)25-13-14-31-20-10-8-19(30-2)9-11-20/h3-12,15,26H,13-14H2,1-2H3,(H,25,27). The van der Waals surface area contributed by atoms with Gasteiger partial charge in [0.05, 0.1) is 18.6 Å². The molecule has 0 saturated carbocycles. The van der Waals surface area contributed by atoms with E-state index in [1.807, 2.05) is 0 Å². The number of aryl methyl sites for hydroxylation is 1. The number of anilines is 1. The average molecular weight is 459 g/mol. The lowest BCUT2D eigenvalue weighted by molar-refractivity contribution is 0.0946. The molecule has 0 spiro atoms. The van der Waals surface area contributed by atoms with Crippen molar-refractivity contribution >= 4 is 21.6 Å². The largest absolute Gasteiger partial charge is 0.497 e. The summed E-state index contributed by atoms with van der Waals surface area (Å²) in [6.07, 6.45) is 0. The third-order valence-electron chi connectivity index (χ3n) is 4.58. The highest BCUT2D eigenvalue weighted by molar-refractivity contribution is 7.92. The van der Waals surface area contributed by atoms with Gasteiger partial charge in [0.15, 0.2) is 0 Å². The highest BCUT2D eigenvalue weighted by Crippen LogP contribution is 2.20. The lowest BCUT2D eigenvalue weighted by atomic mass is 10.1. The minimum Gasteiger partial charge on any atom is -0.497 e. The maximum atomic E-state index is 13.0. The highest BCUT2D eigenvalue weighted by atomic mass is 32.2. The summed E-state index contributed by atoms with van der Waals surface area (Å²) < 4.78 is 51.4. The van der Waals surface area contributed by atoms with Crippen molar-refractivity contribution in [3.8, 4) is 11.5 Å². The Balaban J connectivity index is 1.62. The normalized spacial score (nSPS) is 11.0. The highest BCUT2D eigenvalue weighted by Gasteiger charge is 2.18. The summed E-state index contributed by atoms with van der Waals surface area (Å²) in [6, 6.07) is 16.3. The minimum atomic E-state index is -3.95. The van der Waals surface area contributed by atoms with Gasteiger partial charge in [0.1, 0.15) is 23.9 Å². The van der Waals surface area contributed by atoms with Crippen LogP contribution in [0.3, 0.4) is 0 Å². The van der Waals surface area contributed by atoms with Crippen molar-refractivity contribution in [1.29, 1.82) is 0 Å². The first kappa shape index (κ1) is 23.1. The van der Waals surface area contributed by atoms with Gasteiger partial charge < -0.3 is 14.8 Å². The first-order valence-electron chi connectivity index (χ1n) is 9.72. The van der Waals surface area contributed by atoms with Crippen molar-refractivity contribution in [3.05, 3.63) is 83.7 Å². The summed E-state index contributed by atoms with van der Waals surface area (Å²) in [5.41, 5.74) is 1.07. The van der Waals surface area contributed by atoms with Crippen molar-refractivity contribution in [2.75, 3.05) is 25.0 Å². The van der Waals surface area contributed by atoms with E-state index >= 15 is 0 Å². The van der Waals surface area contributed by atoms with Crippen molar-refractivity contribution < 1.29 is 27.1 Å². The first-order chi connectivity index (χ1) is 15.3. The van der Waals surface area contributed by atoms with Crippen LogP contribution in [0.25, 0.3) is 0 Å². The van der Waals surface area contributed by atoms with E-state index in [4.69, 9.17) is 9.47 Å². The number of sulfonamides is 1. The minimum absolute atomic E-state index is 0.0768. The molecule has 3 rings (SSSR count). The lowest BCUT2D eigenvalue weighted by Crippen LogP contribution is -2.29. The molecule has 168 valence electrons. The van der Waals surface area contributed by atoms with Gasteiger partial charge in [-0.05, 0) is 73.2 Å². The van der Waals surface area contributed by atoms with Crippen LogP contribution in [0.5, 0.6) is 11.5 Å². The van der Waals surface area contributed by atoms with Crippen LogP contribution >= 0.6 is 0 Å². The molecular weight excluding hydrogens is 435 g/mol. The van der Waals surface area contributed by atoms with Gasteiger partial charge in [0, 0.05) is 11.3 Å². The molecule has 0 fully saturated rings. The molecule has 0 radical (unpaired) electrons. The molecule has 0 unspecified atom stereocenters. The molecule has 0 atom stereocenters. The van der Waals surface area contributed by atoms with Gasteiger partial charge in [-0.1, -0.05) is 6.07 Å². The van der Waals surface area contributed by atoms with Crippen molar-refractivity contribution in [2.45, 2.75) is 11.8 Å². The molecule has 7 nitrogen and oxygen atoms in total. The van der Waals surface area contributed by atoms with E-state index in [9.17, 15) is 17.6 Å². The molecule has 0 aliphatic rings. The van der Waals surface area contributed by atoms with Crippen LogP contribution in [0.2, 0.25) is 0 Å². The first-order valence-corrected chi connectivity index (χ1v) is 11.2. The molecule has 0 aliphatic heterocycles. The third-order valence-corrected chi connectivity index (χ3v) is 5.96. The van der Waals surface area contributed by atoms with Gasteiger partial charge in [0.25, 0.3) is 15.9 Å². The monoisotopic (exact) mass is 458 g/mol. The number of hydrogen-bond donors (Lipinski definition) is 2. The van der Waals surface area contributed by atoms with Gasteiger partial charge in [-0.3, -0.25) is 9.52 Å². The number of nitrogens with one attached hydrogen (secondary N) is 2. The predicted molar refractivity (Wildman–Crippen MR) is 119 cm³/mol. The SMILES string of the molecule is COc1ccc(OCCNC(=O)c2cc(S(=O)(=O)Nc3ccc(F)cc3)ccc2C)cc1. The summed E-state index contributed by atoms with van der Waals surface area (Å²) in [5.74, 6) is 0.457. The second-order valence-corrected chi connectivity index (χ2v) is 8.55. The molecule has 0 aromatic heterocycles. The van der Waals surface area contributed by atoms with Gasteiger partial charge >= 0.3 is 0 Å². The molecular formula is C23H23FN2O5S. The smallest absolute Gasteiger partial charge is 0.261 e. The van der Waals surface area contributed by atoms with Crippen LogP contribution in [0.4, 0.5) is 10.1 Å². The number of halogens is 1. The number of carbonyl (C=O) groups excluding carboxylic acids is 1. The Morgan fingerprint density at radius 2 is 1.62 bits per heavy atom. The Morgan fingerprint density at radius 3 is 2.28 bits per heavy atom. The topological polar surface area (TPSA) is 93.7 Å². The Labute approximate surface area is 186 Å². The summed E-state index contributed by atoms with van der Waals surface area (Å²) in [5, 5.41) is 2.72. The van der Waals surface area contributed by atoms with E-state index in [-0.39, 0.29) is 29.3 Å². The molecule has 9 heteroatoms. The molecule has 32 heavy (non-hydrogen) atoms. The van der Waals surface area contributed by atoms with Gasteiger partial charge in [-0.25, -0.2) is 12.8 Å². The van der Waals surface area contributed by atoms with E-state index < -0.39 is 21.7 Å². The Hall–Kier alpha value is -3.59. The van der Waals surface area contributed by atoms with Gasteiger partial charge in [-0.2, -0.15) is 0 Å². The third kappa shape index (κ3) is 5.98. The second kappa shape index (κ2) is 10.1. The number of amides is 1. The zero-order valence-electron chi connectivity index (χ0n) is 17.6. The van der Waals surface area contributed by atoms with Crippen LogP contribution in [-0.4, -0.2) is 34.6 Å². The van der Waals surface area contributed by atoms with Crippen LogP contribution in [0.1, 0.15) is 15.9 Å². The van der Waals surface area contributed by atoms with Crippen molar-refractivity contribution in [1.82, 2.24) is 5.32 Å². The summed E-state index contributed by atoms with van der Waals surface area (Å²) in [4.78, 5) is 12.5. The van der Waals surface area contributed by atoms with Gasteiger partial charge in [-0.15, -0.1) is 0 Å². The average Bonchev–Trinajstić information content (AvgIpc) is 2.78. The van der Waals surface area contributed by atoms with E-state index in [0.29, 0.717) is 17.1 Å². The predicted octanol–water partition coefficient (Wildman–Crippen LogP) is 3.75. The number of rotatable bonds is 9. The van der Waals surface area contributed by atoms with Crippen LogP contribution in [0, 0.1) is 12.7 Å². The fraction of sp³-hybridized carbons (Fsp3) is 0.174. The van der Waals surface area contributed by atoms with E-state index in [1.54, 1.807) is 44.4 Å². The molecule has 3 aromatic rings. The Morgan fingerprint density at radius 1 is 0.969 bits per heavy atom. The molecule has 0 aliphatic carbocycles. The Kier molecular flexibility index (Phi) is 7.32. The Bertz CT molecular complexity index is 1180. The summed E-state index contributed by atoms with van der Waals surface area (Å²) >= 11 is 0. The maximum Gasteiger partial charge on any atom is 0.261 e. The number of carbonyl (C=O) groups is 1. The van der Waals surface area contributed by atoms with Crippen LogP contribution in [-0.2, 0) is 10.0 Å². The number of hydrogen-bond acceptors (Lipinski definition) is 5. The number of benzene rings is 3. The molecule has 2 N–H and O–H groups in total. The van der Waals surface area contributed by atoms with E-state index in [2.05, 4.69) is 10.0 Å². The summed E-state index contributed by atoms with van der Waals surface area (Å²) in [7, 11) is -2.38. The zero-order valence-corrected chi connectivity index (χ0v) is 18.4. The van der Waals surface area contributed by atoms with Crippen molar-refractivity contribution in [3.63, 3.8) is 0 Å². The zero-order chi connectivity index (χ0) is 23.1. The molecule has 3 aromatic carbocycles. The number of methoxy groups -OCH3 is 1. The van der Waals surface area contributed by atoms with E-state index in [0.717, 1.165) is 12.1 Å². The fourth-order valence-corrected chi connectivity index (χ4v) is 3.93. The molecule has 1 amide bonds. The summed E-state index contributed by atoms with van der Waals surface area (Å²) in [6.45, 7) is 2.18. The van der Waals surface area contributed by atoms with E-state index in [1.165, 1.54) is 24.3 Å². The maximum absolute atomic E-state index is 13.0.